The lowest BCUT2D eigenvalue weighted by atomic mass is 9.71. The molecule has 0 saturated carbocycles. The van der Waals surface area contributed by atoms with Gasteiger partial charge in [0.25, 0.3) is 0 Å². The fourth-order valence-electron chi connectivity index (χ4n) is 2.62. The normalized spacial score (nSPS) is 26.2. The van der Waals surface area contributed by atoms with Gasteiger partial charge >= 0.3 is 0 Å². The molecule has 0 saturated heterocycles. The van der Waals surface area contributed by atoms with Gasteiger partial charge in [-0.1, -0.05) is 48.4 Å². The zero-order valence-electron chi connectivity index (χ0n) is 10.0. The van der Waals surface area contributed by atoms with Gasteiger partial charge in [0, 0.05) is 0 Å². The summed E-state index contributed by atoms with van der Waals surface area (Å²) in [5.74, 6) is 0. The van der Waals surface area contributed by atoms with Crippen LogP contribution in [0.1, 0.15) is 44.2 Å². The van der Waals surface area contributed by atoms with Crippen LogP contribution in [0.2, 0.25) is 0 Å². The summed E-state index contributed by atoms with van der Waals surface area (Å²) in [7, 11) is 0. The van der Waals surface area contributed by atoms with Gasteiger partial charge in [0.15, 0.2) is 0 Å². The third kappa shape index (κ3) is 2.14. The highest BCUT2D eigenvalue weighted by molar-refractivity contribution is 5.31. The van der Waals surface area contributed by atoms with E-state index in [2.05, 4.69) is 51.1 Å². The Balaban J connectivity index is 2.29. The van der Waals surface area contributed by atoms with Gasteiger partial charge in [0.2, 0.25) is 0 Å². The van der Waals surface area contributed by atoms with E-state index in [9.17, 15) is 0 Å². The minimum absolute atomic E-state index is 0.368. The van der Waals surface area contributed by atoms with Crippen LogP contribution in [0.25, 0.3) is 0 Å². The Hall–Kier alpha value is -1.04. The number of aryl methyl sites for hydroxylation is 1. The van der Waals surface area contributed by atoms with Crippen molar-refractivity contribution in [1.29, 1.82) is 0 Å². The van der Waals surface area contributed by atoms with E-state index in [1.807, 2.05) is 0 Å². The van der Waals surface area contributed by atoms with Gasteiger partial charge in [0.05, 0.1) is 0 Å². The van der Waals surface area contributed by atoms with Crippen LogP contribution in [-0.2, 0) is 5.41 Å². The standard InChI is InChI=1S/C15H20/c1-12-6-8-14(9-7-12)15(3)10-4-5-13(2)11-15/h5-9H,4,10-11H2,1-3H3. The lowest BCUT2D eigenvalue weighted by Gasteiger charge is -2.33. The molecule has 0 fully saturated rings. The smallest absolute Gasteiger partial charge is 0.00353 e. The van der Waals surface area contributed by atoms with Crippen molar-refractivity contribution in [3.8, 4) is 0 Å². The molecule has 0 aliphatic heterocycles. The summed E-state index contributed by atoms with van der Waals surface area (Å²) in [6, 6.07) is 9.06. The predicted molar refractivity (Wildman–Crippen MR) is 66.1 cm³/mol. The highest BCUT2D eigenvalue weighted by Crippen LogP contribution is 2.38. The summed E-state index contributed by atoms with van der Waals surface area (Å²) in [6.45, 7) is 6.80. The number of rotatable bonds is 1. The third-order valence-corrected chi connectivity index (χ3v) is 3.61. The zero-order chi connectivity index (χ0) is 10.9. The molecule has 0 amide bonds. The molecule has 0 spiro atoms. The first kappa shape index (κ1) is 10.5. The summed E-state index contributed by atoms with van der Waals surface area (Å²) in [6.07, 6.45) is 6.12. The fourth-order valence-corrected chi connectivity index (χ4v) is 2.62. The number of allylic oxidation sites excluding steroid dienone is 2. The van der Waals surface area contributed by atoms with Crippen LogP contribution in [0.15, 0.2) is 35.9 Å². The molecular weight excluding hydrogens is 180 g/mol. The number of benzene rings is 1. The van der Waals surface area contributed by atoms with Gasteiger partial charge in [-0.2, -0.15) is 0 Å². The van der Waals surface area contributed by atoms with E-state index in [1.165, 1.54) is 30.4 Å². The summed E-state index contributed by atoms with van der Waals surface area (Å²) in [5, 5.41) is 0. The lowest BCUT2D eigenvalue weighted by Crippen LogP contribution is -2.24. The molecule has 1 unspecified atom stereocenters. The van der Waals surface area contributed by atoms with Crippen LogP contribution in [0.3, 0.4) is 0 Å². The van der Waals surface area contributed by atoms with E-state index in [4.69, 9.17) is 0 Å². The van der Waals surface area contributed by atoms with E-state index < -0.39 is 0 Å². The first-order valence-corrected chi connectivity index (χ1v) is 5.83. The maximum atomic E-state index is 2.40. The molecule has 15 heavy (non-hydrogen) atoms. The second-order valence-electron chi connectivity index (χ2n) is 5.19. The fraction of sp³-hybridized carbons (Fsp3) is 0.467. The average molecular weight is 200 g/mol. The van der Waals surface area contributed by atoms with Crippen molar-refractivity contribution in [3.05, 3.63) is 47.0 Å². The van der Waals surface area contributed by atoms with Crippen molar-refractivity contribution in [2.75, 3.05) is 0 Å². The number of hydrogen-bond donors (Lipinski definition) is 0. The lowest BCUT2D eigenvalue weighted by molar-refractivity contribution is 0.415. The molecular formula is C15H20. The van der Waals surface area contributed by atoms with Gasteiger partial charge in [-0.05, 0) is 44.1 Å². The SMILES string of the molecule is CC1=CCCC(C)(c2ccc(C)cc2)C1. The maximum absolute atomic E-state index is 2.40. The second-order valence-corrected chi connectivity index (χ2v) is 5.19. The minimum atomic E-state index is 0.368. The molecule has 0 radical (unpaired) electrons. The van der Waals surface area contributed by atoms with Crippen LogP contribution >= 0.6 is 0 Å². The van der Waals surface area contributed by atoms with Crippen LogP contribution in [0, 0.1) is 6.92 Å². The molecule has 0 nitrogen and oxygen atoms in total. The third-order valence-electron chi connectivity index (χ3n) is 3.61. The monoisotopic (exact) mass is 200 g/mol. The average Bonchev–Trinajstić information content (AvgIpc) is 2.18. The van der Waals surface area contributed by atoms with E-state index in [1.54, 1.807) is 5.57 Å². The second kappa shape index (κ2) is 3.84. The molecule has 0 aromatic heterocycles. The highest BCUT2D eigenvalue weighted by Gasteiger charge is 2.28. The molecule has 1 aliphatic carbocycles. The molecule has 80 valence electrons. The molecule has 2 rings (SSSR count). The van der Waals surface area contributed by atoms with Crippen LogP contribution in [0.4, 0.5) is 0 Å². The Bertz CT molecular complexity index is 370. The Morgan fingerprint density at radius 1 is 1.07 bits per heavy atom. The Morgan fingerprint density at radius 2 is 1.73 bits per heavy atom. The Morgan fingerprint density at radius 3 is 2.33 bits per heavy atom. The molecule has 0 N–H and O–H groups in total. The highest BCUT2D eigenvalue weighted by atomic mass is 14.3. The van der Waals surface area contributed by atoms with E-state index in [0.717, 1.165) is 0 Å². The first-order chi connectivity index (χ1) is 7.10. The molecule has 1 atom stereocenters. The molecule has 1 aromatic carbocycles. The van der Waals surface area contributed by atoms with Crippen molar-refractivity contribution in [1.82, 2.24) is 0 Å². The van der Waals surface area contributed by atoms with Gasteiger partial charge in [-0.15, -0.1) is 0 Å². The molecule has 1 aliphatic rings. The molecule has 0 heteroatoms. The maximum Gasteiger partial charge on any atom is -0.00353 e. The van der Waals surface area contributed by atoms with Crippen LogP contribution in [0.5, 0.6) is 0 Å². The van der Waals surface area contributed by atoms with Crippen molar-refractivity contribution in [2.24, 2.45) is 0 Å². The Labute approximate surface area is 93.0 Å². The van der Waals surface area contributed by atoms with Crippen molar-refractivity contribution >= 4 is 0 Å². The van der Waals surface area contributed by atoms with E-state index in [0.29, 0.717) is 5.41 Å². The predicted octanol–water partition coefficient (Wildman–Crippen LogP) is 4.38. The van der Waals surface area contributed by atoms with Gasteiger partial charge in [-0.3, -0.25) is 0 Å². The topological polar surface area (TPSA) is 0 Å². The summed E-state index contributed by atoms with van der Waals surface area (Å²) >= 11 is 0. The van der Waals surface area contributed by atoms with Crippen LogP contribution in [-0.4, -0.2) is 0 Å². The van der Waals surface area contributed by atoms with Crippen molar-refractivity contribution in [2.45, 2.75) is 45.4 Å². The summed E-state index contributed by atoms with van der Waals surface area (Å²) in [5.41, 5.74) is 4.77. The quantitative estimate of drug-likeness (QED) is 0.590. The molecule has 0 bridgehead atoms. The summed E-state index contributed by atoms with van der Waals surface area (Å²) in [4.78, 5) is 0. The van der Waals surface area contributed by atoms with Gasteiger partial charge in [0.1, 0.15) is 0 Å². The summed E-state index contributed by atoms with van der Waals surface area (Å²) < 4.78 is 0. The van der Waals surface area contributed by atoms with Gasteiger partial charge < -0.3 is 0 Å². The van der Waals surface area contributed by atoms with Crippen LogP contribution < -0.4 is 0 Å². The van der Waals surface area contributed by atoms with Crippen molar-refractivity contribution in [3.63, 3.8) is 0 Å². The van der Waals surface area contributed by atoms with Crippen molar-refractivity contribution < 1.29 is 0 Å². The van der Waals surface area contributed by atoms with E-state index >= 15 is 0 Å². The number of hydrogen-bond acceptors (Lipinski definition) is 0. The minimum Gasteiger partial charge on any atom is -0.0855 e. The largest absolute Gasteiger partial charge is 0.0855 e. The van der Waals surface area contributed by atoms with Gasteiger partial charge in [-0.25, -0.2) is 0 Å². The Kier molecular flexibility index (Phi) is 2.68. The molecule has 0 heterocycles. The zero-order valence-corrected chi connectivity index (χ0v) is 10.0. The van der Waals surface area contributed by atoms with E-state index in [-0.39, 0.29) is 0 Å². The molecule has 1 aromatic rings. The first-order valence-electron chi connectivity index (χ1n) is 5.83.